The number of pyridine rings is 1. The van der Waals surface area contributed by atoms with Crippen LogP contribution >= 0.6 is 11.6 Å². The van der Waals surface area contributed by atoms with E-state index in [4.69, 9.17) is 16.3 Å². The van der Waals surface area contributed by atoms with Crippen LogP contribution in [0.25, 0.3) is 11.8 Å². The van der Waals surface area contributed by atoms with Crippen molar-refractivity contribution in [3.63, 3.8) is 0 Å². The first kappa shape index (κ1) is 24.0. The van der Waals surface area contributed by atoms with Gasteiger partial charge in [-0.1, -0.05) is 11.6 Å². The molecule has 0 aliphatic carbocycles. The van der Waals surface area contributed by atoms with Crippen LogP contribution in [0.5, 0.6) is 0 Å². The zero-order valence-electron chi connectivity index (χ0n) is 19.4. The van der Waals surface area contributed by atoms with Crippen molar-refractivity contribution in [2.75, 3.05) is 38.2 Å². The van der Waals surface area contributed by atoms with Gasteiger partial charge in [-0.25, -0.2) is 0 Å². The highest BCUT2D eigenvalue weighted by Gasteiger charge is 2.41. The number of tetrazole rings is 1. The number of hydrogen-bond acceptors (Lipinski definition) is 8. The second-order valence-electron chi connectivity index (χ2n) is 8.57. The highest BCUT2D eigenvalue weighted by molar-refractivity contribution is 6.30. The van der Waals surface area contributed by atoms with Crippen LogP contribution in [-0.4, -0.2) is 91.7 Å². The minimum atomic E-state index is -0.617. The molecule has 2 aliphatic rings. The minimum absolute atomic E-state index is 0.0684. The second kappa shape index (κ2) is 10.9. The number of hydrogen-bond donors (Lipinski definition) is 1. The van der Waals surface area contributed by atoms with Crippen LogP contribution in [0.2, 0.25) is 5.02 Å². The fraction of sp³-hybridized carbons (Fsp3) is 0.333. The molecule has 11 nitrogen and oxygen atoms in total. The average Bonchev–Trinajstić information content (AvgIpc) is 3.59. The Morgan fingerprint density at radius 2 is 2.06 bits per heavy atom. The monoisotopic (exact) mass is 508 g/mol. The minimum Gasteiger partial charge on any atom is -0.379 e. The number of benzene rings is 1. The van der Waals surface area contributed by atoms with Gasteiger partial charge in [-0.3, -0.25) is 19.5 Å². The average molecular weight is 509 g/mol. The number of amides is 2. The fourth-order valence-corrected chi connectivity index (χ4v) is 4.75. The third kappa shape index (κ3) is 5.43. The van der Waals surface area contributed by atoms with E-state index in [0.717, 1.165) is 13.1 Å². The SMILES string of the molecule is O=C(Nc1cccnc1)[C@@H]1C[C@H](N2CCOCC2)CN1C(=O)/C=C/c1cc(Cl)ccc1-n1cnnn1. The molecule has 186 valence electrons. The van der Waals surface area contributed by atoms with Gasteiger partial charge in [-0.2, -0.15) is 4.68 Å². The second-order valence-corrected chi connectivity index (χ2v) is 9.00. The van der Waals surface area contributed by atoms with Gasteiger partial charge in [0.2, 0.25) is 11.8 Å². The summed E-state index contributed by atoms with van der Waals surface area (Å²) >= 11 is 6.20. The van der Waals surface area contributed by atoms with Gasteiger partial charge < -0.3 is 15.0 Å². The zero-order valence-corrected chi connectivity index (χ0v) is 20.2. The van der Waals surface area contributed by atoms with Gasteiger partial charge in [0, 0.05) is 48.5 Å². The lowest BCUT2D eigenvalue weighted by Gasteiger charge is -2.31. The fourth-order valence-electron chi connectivity index (χ4n) is 4.57. The highest BCUT2D eigenvalue weighted by Crippen LogP contribution is 2.26. The summed E-state index contributed by atoms with van der Waals surface area (Å²) in [7, 11) is 0. The number of likely N-dealkylation sites (tertiary alicyclic amines) is 1. The molecule has 0 radical (unpaired) electrons. The van der Waals surface area contributed by atoms with E-state index >= 15 is 0 Å². The Balaban J connectivity index is 1.37. The van der Waals surface area contributed by atoms with Crippen molar-refractivity contribution in [2.45, 2.75) is 18.5 Å². The quantitative estimate of drug-likeness (QED) is 0.499. The lowest BCUT2D eigenvalue weighted by molar-refractivity contribution is -0.132. The smallest absolute Gasteiger partial charge is 0.247 e. The summed E-state index contributed by atoms with van der Waals surface area (Å²) in [5.41, 5.74) is 1.93. The lowest BCUT2D eigenvalue weighted by atomic mass is 10.1. The van der Waals surface area contributed by atoms with Crippen LogP contribution in [0, 0.1) is 0 Å². The Kier molecular flexibility index (Phi) is 7.31. The van der Waals surface area contributed by atoms with Gasteiger partial charge >= 0.3 is 0 Å². The van der Waals surface area contributed by atoms with E-state index in [9.17, 15) is 9.59 Å². The molecule has 2 amide bonds. The normalized spacial score (nSPS) is 20.6. The first-order valence-electron chi connectivity index (χ1n) is 11.6. The molecule has 2 atom stereocenters. The van der Waals surface area contributed by atoms with E-state index in [0.29, 0.717) is 48.1 Å². The van der Waals surface area contributed by atoms with E-state index in [1.165, 1.54) is 17.1 Å². The molecule has 5 rings (SSSR count). The number of halogens is 1. The Morgan fingerprint density at radius 3 is 2.81 bits per heavy atom. The highest BCUT2D eigenvalue weighted by atomic mass is 35.5. The van der Waals surface area contributed by atoms with Crippen LogP contribution < -0.4 is 5.32 Å². The molecule has 2 aliphatic heterocycles. The summed E-state index contributed by atoms with van der Waals surface area (Å²) in [4.78, 5) is 34.6. The standard InChI is InChI=1S/C24H25ClN8O3/c25-18-4-5-21(33-16-27-29-30-33)17(12-18)3-6-23(34)32-15-20(31-8-10-36-11-9-31)13-22(32)24(35)28-19-2-1-7-26-14-19/h1-7,12,14,16,20,22H,8-11,13,15H2,(H,28,35)/b6-3+/t20-,22-/m0/s1. The molecular weight excluding hydrogens is 484 g/mol. The van der Waals surface area contributed by atoms with Crippen LogP contribution in [0.4, 0.5) is 5.69 Å². The van der Waals surface area contributed by atoms with Crippen molar-refractivity contribution in [3.05, 3.63) is 65.7 Å². The topological polar surface area (TPSA) is 118 Å². The molecular formula is C24H25ClN8O3. The number of nitrogens with zero attached hydrogens (tertiary/aromatic N) is 7. The first-order chi connectivity index (χ1) is 17.6. The summed E-state index contributed by atoms with van der Waals surface area (Å²) in [6.45, 7) is 3.29. The molecule has 2 aromatic heterocycles. The van der Waals surface area contributed by atoms with Crippen molar-refractivity contribution in [2.24, 2.45) is 0 Å². The van der Waals surface area contributed by atoms with Crippen molar-refractivity contribution < 1.29 is 14.3 Å². The van der Waals surface area contributed by atoms with Gasteiger partial charge in [0.25, 0.3) is 0 Å². The number of aromatic nitrogens is 5. The number of carbonyl (C=O) groups excluding carboxylic acids is 2. The molecule has 0 saturated carbocycles. The maximum atomic E-state index is 13.4. The molecule has 0 bridgehead atoms. The Bertz CT molecular complexity index is 1230. The molecule has 1 aromatic carbocycles. The number of carbonyl (C=O) groups is 2. The predicted molar refractivity (Wildman–Crippen MR) is 132 cm³/mol. The summed E-state index contributed by atoms with van der Waals surface area (Å²) in [5.74, 6) is -0.502. The molecule has 2 fully saturated rings. The molecule has 3 aromatic rings. The number of ether oxygens (including phenoxy) is 1. The van der Waals surface area contributed by atoms with Gasteiger partial charge in [-0.05, 0) is 53.3 Å². The van der Waals surface area contributed by atoms with E-state index in [1.807, 2.05) is 0 Å². The van der Waals surface area contributed by atoms with Gasteiger partial charge in [0.1, 0.15) is 12.4 Å². The summed E-state index contributed by atoms with van der Waals surface area (Å²) in [5, 5.41) is 14.7. The van der Waals surface area contributed by atoms with Crippen molar-refractivity contribution >= 4 is 35.2 Å². The zero-order chi connectivity index (χ0) is 24.9. The molecule has 0 spiro atoms. The molecule has 0 unspecified atom stereocenters. The van der Waals surface area contributed by atoms with Gasteiger partial charge in [-0.15, -0.1) is 5.10 Å². The predicted octanol–water partition coefficient (Wildman–Crippen LogP) is 1.66. The molecule has 2 saturated heterocycles. The van der Waals surface area contributed by atoms with Crippen LogP contribution in [-0.2, 0) is 14.3 Å². The van der Waals surface area contributed by atoms with E-state index < -0.39 is 6.04 Å². The maximum absolute atomic E-state index is 13.4. The first-order valence-corrected chi connectivity index (χ1v) is 12.0. The van der Waals surface area contributed by atoms with Gasteiger partial charge in [0.15, 0.2) is 0 Å². The van der Waals surface area contributed by atoms with Gasteiger partial charge in [0.05, 0.1) is 30.8 Å². The number of nitrogens with one attached hydrogen (secondary N) is 1. The van der Waals surface area contributed by atoms with Crippen molar-refractivity contribution in [3.8, 4) is 5.69 Å². The molecule has 4 heterocycles. The number of morpholine rings is 1. The van der Waals surface area contributed by atoms with Crippen LogP contribution in [0.3, 0.4) is 0 Å². The summed E-state index contributed by atoms with van der Waals surface area (Å²) in [6.07, 6.45) is 8.36. The van der Waals surface area contributed by atoms with Crippen molar-refractivity contribution in [1.82, 2.24) is 35.0 Å². The summed E-state index contributed by atoms with van der Waals surface area (Å²) in [6, 6.07) is 8.20. The maximum Gasteiger partial charge on any atom is 0.247 e. The lowest BCUT2D eigenvalue weighted by Crippen LogP contribution is -2.45. The Labute approximate surface area is 212 Å². The number of rotatable bonds is 6. The third-order valence-corrected chi connectivity index (χ3v) is 6.58. The van der Waals surface area contributed by atoms with E-state index in [1.54, 1.807) is 53.7 Å². The summed E-state index contributed by atoms with van der Waals surface area (Å²) < 4.78 is 6.97. The van der Waals surface area contributed by atoms with E-state index in [2.05, 4.69) is 30.7 Å². The van der Waals surface area contributed by atoms with Crippen LogP contribution in [0.1, 0.15) is 12.0 Å². The Hall–Kier alpha value is -3.67. The number of anilines is 1. The van der Waals surface area contributed by atoms with Crippen molar-refractivity contribution in [1.29, 1.82) is 0 Å². The molecule has 36 heavy (non-hydrogen) atoms. The van der Waals surface area contributed by atoms with Crippen LogP contribution in [0.15, 0.2) is 55.1 Å². The Morgan fingerprint density at radius 1 is 1.19 bits per heavy atom. The largest absolute Gasteiger partial charge is 0.379 e. The molecule has 1 N–H and O–H groups in total. The molecule has 12 heteroatoms. The van der Waals surface area contributed by atoms with E-state index in [-0.39, 0.29) is 17.9 Å². The third-order valence-electron chi connectivity index (χ3n) is 6.35.